The molecule has 10 heteroatoms. The van der Waals surface area contributed by atoms with E-state index in [1.807, 2.05) is 0 Å². The number of nitrogens with one attached hydrogen (secondary N) is 3. The van der Waals surface area contributed by atoms with Crippen LogP contribution in [0.2, 0.25) is 0 Å². The highest BCUT2D eigenvalue weighted by molar-refractivity contribution is 6.05. The number of anilines is 1. The Bertz CT molecular complexity index is 1180. The molecule has 32 heavy (non-hydrogen) atoms. The Morgan fingerprint density at radius 2 is 1.38 bits per heavy atom. The molecule has 0 spiro atoms. The van der Waals surface area contributed by atoms with Crippen molar-refractivity contribution in [2.75, 3.05) is 12.4 Å². The molecule has 0 atom stereocenters. The summed E-state index contributed by atoms with van der Waals surface area (Å²) in [6, 6.07) is 17.6. The van der Waals surface area contributed by atoms with E-state index in [-0.39, 0.29) is 16.8 Å². The number of hydrogen-bond acceptors (Lipinski definition) is 6. The highest BCUT2D eigenvalue weighted by atomic mass is 16.6. The lowest BCUT2D eigenvalue weighted by Gasteiger charge is -2.10. The number of amides is 3. The molecule has 0 aliphatic rings. The number of methoxy groups -OCH3 is 1. The Labute approximate surface area is 182 Å². The van der Waals surface area contributed by atoms with Crippen LogP contribution in [0.15, 0.2) is 72.8 Å². The summed E-state index contributed by atoms with van der Waals surface area (Å²) in [5.41, 5.74) is 5.54. The van der Waals surface area contributed by atoms with Crippen LogP contribution in [0.5, 0.6) is 5.75 Å². The van der Waals surface area contributed by atoms with E-state index in [0.717, 1.165) is 0 Å². The van der Waals surface area contributed by atoms with E-state index in [4.69, 9.17) is 4.74 Å². The molecule has 0 unspecified atom stereocenters. The van der Waals surface area contributed by atoms with Crippen LogP contribution in [-0.2, 0) is 0 Å². The predicted octanol–water partition coefficient (Wildman–Crippen LogP) is 2.93. The molecule has 0 saturated heterocycles. The van der Waals surface area contributed by atoms with E-state index in [0.29, 0.717) is 17.0 Å². The third kappa shape index (κ3) is 5.45. The number of carbonyl (C=O) groups excluding carboxylic acids is 3. The van der Waals surface area contributed by atoms with Gasteiger partial charge in [-0.15, -0.1) is 0 Å². The molecule has 3 aromatic carbocycles. The van der Waals surface area contributed by atoms with Gasteiger partial charge in [0, 0.05) is 34.5 Å². The van der Waals surface area contributed by atoms with Gasteiger partial charge in [0.2, 0.25) is 0 Å². The van der Waals surface area contributed by atoms with Crippen LogP contribution in [-0.4, -0.2) is 29.8 Å². The van der Waals surface area contributed by atoms with Crippen molar-refractivity contribution in [2.24, 2.45) is 0 Å². The van der Waals surface area contributed by atoms with Crippen molar-refractivity contribution in [3.8, 4) is 5.75 Å². The lowest BCUT2D eigenvalue weighted by Crippen LogP contribution is -2.41. The first-order valence-corrected chi connectivity index (χ1v) is 9.28. The molecule has 0 aromatic heterocycles. The molecule has 10 nitrogen and oxygen atoms in total. The van der Waals surface area contributed by atoms with E-state index >= 15 is 0 Å². The van der Waals surface area contributed by atoms with Gasteiger partial charge in [-0.2, -0.15) is 0 Å². The third-order valence-corrected chi connectivity index (χ3v) is 4.34. The Morgan fingerprint density at radius 1 is 0.781 bits per heavy atom. The highest BCUT2D eigenvalue weighted by Gasteiger charge is 2.13. The summed E-state index contributed by atoms with van der Waals surface area (Å²) in [5, 5.41) is 13.3. The molecule has 0 radical (unpaired) electrons. The number of rotatable bonds is 6. The summed E-state index contributed by atoms with van der Waals surface area (Å²) < 4.78 is 5.06. The van der Waals surface area contributed by atoms with Gasteiger partial charge in [-0.25, -0.2) is 0 Å². The van der Waals surface area contributed by atoms with E-state index in [1.54, 1.807) is 30.3 Å². The minimum Gasteiger partial charge on any atom is -0.497 e. The second-order valence-corrected chi connectivity index (χ2v) is 6.48. The first kappa shape index (κ1) is 22.0. The Kier molecular flexibility index (Phi) is 6.76. The number of benzene rings is 3. The van der Waals surface area contributed by atoms with Crippen molar-refractivity contribution in [1.82, 2.24) is 10.9 Å². The second kappa shape index (κ2) is 9.85. The number of nitrogens with zero attached hydrogens (tertiary/aromatic N) is 1. The van der Waals surface area contributed by atoms with Gasteiger partial charge in [0.15, 0.2) is 0 Å². The molecule has 162 valence electrons. The zero-order valence-corrected chi connectivity index (χ0v) is 16.8. The molecule has 0 aliphatic carbocycles. The number of ether oxygens (including phenoxy) is 1. The lowest BCUT2D eigenvalue weighted by molar-refractivity contribution is -0.384. The van der Waals surface area contributed by atoms with Gasteiger partial charge < -0.3 is 10.1 Å². The number of nitro benzene ring substituents is 1. The molecular formula is C22H18N4O6. The fourth-order valence-corrected chi connectivity index (χ4v) is 2.70. The van der Waals surface area contributed by atoms with Crippen molar-refractivity contribution in [3.05, 3.63) is 99.6 Å². The summed E-state index contributed by atoms with van der Waals surface area (Å²) in [5.74, 6) is -1.11. The third-order valence-electron chi connectivity index (χ3n) is 4.34. The molecule has 3 amide bonds. The Morgan fingerprint density at radius 3 is 1.97 bits per heavy atom. The first-order chi connectivity index (χ1) is 15.4. The molecule has 3 N–H and O–H groups in total. The maximum Gasteiger partial charge on any atom is 0.269 e. The molecule has 3 aromatic rings. The average molecular weight is 434 g/mol. The van der Waals surface area contributed by atoms with E-state index in [2.05, 4.69) is 16.2 Å². The second-order valence-electron chi connectivity index (χ2n) is 6.48. The monoisotopic (exact) mass is 434 g/mol. The standard InChI is InChI=1S/C22H18N4O6/c1-32-19-7-3-5-16(13-19)22(29)25-24-21(28)15-4-2-6-17(12-15)23-20(27)14-8-10-18(11-9-14)26(30)31/h2-13H,1H3,(H,23,27)(H,24,28)(H,25,29). The van der Waals surface area contributed by atoms with Crippen molar-refractivity contribution in [1.29, 1.82) is 0 Å². The summed E-state index contributed by atoms with van der Waals surface area (Å²) in [4.78, 5) is 47.1. The van der Waals surface area contributed by atoms with Crippen LogP contribution >= 0.6 is 0 Å². The molecule has 0 fully saturated rings. The molecular weight excluding hydrogens is 416 g/mol. The highest BCUT2D eigenvalue weighted by Crippen LogP contribution is 2.16. The minimum atomic E-state index is -0.590. The smallest absolute Gasteiger partial charge is 0.269 e. The predicted molar refractivity (Wildman–Crippen MR) is 115 cm³/mol. The van der Waals surface area contributed by atoms with Crippen molar-refractivity contribution in [3.63, 3.8) is 0 Å². The number of carbonyl (C=O) groups is 3. The van der Waals surface area contributed by atoms with Crippen LogP contribution in [0.25, 0.3) is 0 Å². The topological polar surface area (TPSA) is 140 Å². The summed E-state index contributed by atoms with van der Waals surface area (Å²) in [7, 11) is 1.48. The zero-order valence-electron chi connectivity index (χ0n) is 16.8. The number of non-ortho nitro benzene ring substituents is 1. The average Bonchev–Trinajstić information content (AvgIpc) is 2.82. The molecule has 0 heterocycles. The van der Waals surface area contributed by atoms with Crippen LogP contribution in [0.1, 0.15) is 31.1 Å². The van der Waals surface area contributed by atoms with Crippen LogP contribution < -0.4 is 20.9 Å². The van der Waals surface area contributed by atoms with Gasteiger partial charge in [-0.3, -0.25) is 35.3 Å². The zero-order chi connectivity index (χ0) is 23.1. The van der Waals surface area contributed by atoms with E-state index in [1.165, 1.54) is 49.6 Å². The van der Waals surface area contributed by atoms with E-state index in [9.17, 15) is 24.5 Å². The van der Waals surface area contributed by atoms with Gasteiger partial charge in [0.25, 0.3) is 23.4 Å². The minimum absolute atomic E-state index is 0.129. The quantitative estimate of drug-likeness (QED) is 0.403. The van der Waals surface area contributed by atoms with E-state index < -0.39 is 22.6 Å². The van der Waals surface area contributed by atoms with Gasteiger partial charge in [0.05, 0.1) is 12.0 Å². The van der Waals surface area contributed by atoms with Crippen LogP contribution in [0.3, 0.4) is 0 Å². The Hall–Kier alpha value is -4.73. The van der Waals surface area contributed by atoms with Gasteiger partial charge in [0.1, 0.15) is 5.75 Å². The summed E-state index contributed by atoms with van der Waals surface area (Å²) >= 11 is 0. The maximum absolute atomic E-state index is 12.4. The van der Waals surface area contributed by atoms with Gasteiger partial charge in [-0.1, -0.05) is 12.1 Å². The molecule has 0 saturated carbocycles. The molecule has 3 rings (SSSR count). The number of hydrogen-bond donors (Lipinski definition) is 3. The fraction of sp³-hybridized carbons (Fsp3) is 0.0455. The van der Waals surface area contributed by atoms with Gasteiger partial charge in [-0.05, 0) is 48.5 Å². The van der Waals surface area contributed by atoms with Crippen molar-refractivity contribution < 1.29 is 24.0 Å². The number of hydrazine groups is 1. The summed E-state index contributed by atoms with van der Waals surface area (Å²) in [6.07, 6.45) is 0. The van der Waals surface area contributed by atoms with Crippen molar-refractivity contribution >= 4 is 29.1 Å². The van der Waals surface area contributed by atoms with Crippen LogP contribution in [0, 0.1) is 10.1 Å². The lowest BCUT2D eigenvalue weighted by atomic mass is 10.1. The van der Waals surface area contributed by atoms with Gasteiger partial charge >= 0.3 is 0 Å². The Balaban J connectivity index is 1.62. The fourth-order valence-electron chi connectivity index (χ4n) is 2.70. The summed E-state index contributed by atoms with van der Waals surface area (Å²) in [6.45, 7) is 0. The van der Waals surface area contributed by atoms with Crippen LogP contribution in [0.4, 0.5) is 11.4 Å². The SMILES string of the molecule is COc1cccc(C(=O)NNC(=O)c2cccc(NC(=O)c3ccc([N+](=O)[O-])cc3)c2)c1. The largest absolute Gasteiger partial charge is 0.497 e. The van der Waals surface area contributed by atoms with Crippen molar-refractivity contribution in [2.45, 2.75) is 0 Å². The maximum atomic E-state index is 12.4. The number of nitro groups is 1. The molecule has 0 bridgehead atoms. The normalized spacial score (nSPS) is 10.0. The molecule has 0 aliphatic heterocycles. The first-order valence-electron chi connectivity index (χ1n) is 9.28.